The number of aliphatic imine (C=N–C) groups is 1. The standard InChI is InChI=1S/C16H30N4O.HI/c1-2-17-16(19-11-15-4-3-9-21-15)18-10-13-7-8-20(12-13)14-5-6-14;/h13-15H,2-12H2,1H3,(H2,17,18,19);1H. The maximum absolute atomic E-state index is 5.65. The Labute approximate surface area is 151 Å². The van der Waals surface area contributed by atoms with Gasteiger partial charge in [0, 0.05) is 38.8 Å². The fourth-order valence-electron chi connectivity index (χ4n) is 3.36. The molecule has 0 bridgehead atoms. The summed E-state index contributed by atoms with van der Waals surface area (Å²) in [4.78, 5) is 7.44. The third kappa shape index (κ3) is 5.53. The fraction of sp³-hybridized carbons (Fsp3) is 0.938. The van der Waals surface area contributed by atoms with Gasteiger partial charge in [-0.15, -0.1) is 24.0 Å². The highest BCUT2D eigenvalue weighted by atomic mass is 127. The van der Waals surface area contributed by atoms with E-state index in [1.165, 1.54) is 45.2 Å². The molecule has 1 saturated carbocycles. The molecule has 0 amide bonds. The third-order valence-corrected chi connectivity index (χ3v) is 4.75. The minimum absolute atomic E-state index is 0. The molecule has 2 atom stereocenters. The smallest absolute Gasteiger partial charge is 0.191 e. The summed E-state index contributed by atoms with van der Waals surface area (Å²) in [5.41, 5.74) is 0. The first kappa shape index (κ1) is 18.3. The summed E-state index contributed by atoms with van der Waals surface area (Å²) < 4.78 is 5.65. The monoisotopic (exact) mass is 422 g/mol. The Morgan fingerprint density at radius 2 is 2.09 bits per heavy atom. The lowest BCUT2D eigenvalue weighted by Crippen LogP contribution is -2.41. The number of guanidine groups is 1. The largest absolute Gasteiger partial charge is 0.376 e. The van der Waals surface area contributed by atoms with Crippen LogP contribution in [0.1, 0.15) is 39.0 Å². The molecule has 3 rings (SSSR count). The first-order valence-electron chi connectivity index (χ1n) is 8.73. The lowest BCUT2D eigenvalue weighted by atomic mass is 10.1. The Kier molecular flexibility index (Phi) is 7.70. The van der Waals surface area contributed by atoms with Gasteiger partial charge in [-0.2, -0.15) is 0 Å². The van der Waals surface area contributed by atoms with E-state index in [4.69, 9.17) is 9.73 Å². The zero-order valence-corrected chi connectivity index (χ0v) is 16.1. The third-order valence-electron chi connectivity index (χ3n) is 4.75. The zero-order valence-electron chi connectivity index (χ0n) is 13.7. The number of nitrogens with zero attached hydrogens (tertiary/aromatic N) is 2. The van der Waals surface area contributed by atoms with Crippen LogP contribution in [0.3, 0.4) is 0 Å². The Balaban J connectivity index is 0.00000176. The van der Waals surface area contributed by atoms with E-state index in [2.05, 4.69) is 22.5 Å². The number of hydrogen-bond acceptors (Lipinski definition) is 3. The average molecular weight is 422 g/mol. The summed E-state index contributed by atoms with van der Waals surface area (Å²) in [6.45, 7) is 8.31. The van der Waals surface area contributed by atoms with Gasteiger partial charge in [-0.25, -0.2) is 0 Å². The van der Waals surface area contributed by atoms with Crippen molar-refractivity contribution in [2.75, 3.05) is 39.3 Å². The molecule has 5 nitrogen and oxygen atoms in total. The number of nitrogens with one attached hydrogen (secondary N) is 2. The van der Waals surface area contributed by atoms with Crippen molar-refractivity contribution in [1.29, 1.82) is 0 Å². The Morgan fingerprint density at radius 3 is 2.77 bits per heavy atom. The first-order chi connectivity index (χ1) is 10.3. The highest BCUT2D eigenvalue weighted by Gasteiger charge is 2.34. The molecule has 22 heavy (non-hydrogen) atoms. The van der Waals surface area contributed by atoms with Crippen LogP contribution >= 0.6 is 24.0 Å². The normalized spacial score (nSPS) is 29.4. The van der Waals surface area contributed by atoms with Gasteiger partial charge in [0.1, 0.15) is 0 Å². The first-order valence-corrected chi connectivity index (χ1v) is 8.73. The van der Waals surface area contributed by atoms with Crippen LogP contribution in [0.2, 0.25) is 0 Å². The minimum atomic E-state index is 0. The van der Waals surface area contributed by atoms with E-state index in [0.717, 1.165) is 44.2 Å². The van der Waals surface area contributed by atoms with Crippen molar-refractivity contribution in [1.82, 2.24) is 15.5 Å². The summed E-state index contributed by atoms with van der Waals surface area (Å²) in [6.07, 6.45) is 6.88. The zero-order chi connectivity index (χ0) is 14.5. The second kappa shape index (κ2) is 9.27. The minimum Gasteiger partial charge on any atom is -0.376 e. The Morgan fingerprint density at radius 1 is 1.23 bits per heavy atom. The van der Waals surface area contributed by atoms with Crippen LogP contribution in [-0.4, -0.2) is 62.3 Å². The van der Waals surface area contributed by atoms with Crippen molar-refractivity contribution in [2.45, 2.75) is 51.2 Å². The molecule has 1 aliphatic carbocycles. The molecule has 3 aliphatic rings. The van der Waals surface area contributed by atoms with Gasteiger partial charge in [0.2, 0.25) is 0 Å². The summed E-state index contributed by atoms with van der Waals surface area (Å²) in [7, 11) is 0. The molecule has 2 heterocycles. The lowest BCUT2D eigenvalue weighted by molar-refractivity contribution is 0.114. The van der Waals surface area contributed by atoms with Crippen molar-refractivity contribution >= 4 is 29.9 Å². The van der Waals surface area contributed by atoms with Crippen LogP contribution in [0.15, 0.2) is 4.99 Å². The van der Waals surface area contributed by atoms with Crippen LogP contribution in [0.5, 0.6) is 0 Å². The Hall–Kier alpha value is -0.0800. The van der Waals surface area contributed by atoms with Crippen LogP contribution in [-0.2, 0) is 4.74 Å². The lowest BCUT2D eigenvalue weighted by Gasteiger charge is -2.16. The van der Waals surface area contributed by atoms with Crippen molar-refractivity contribution in [3.8, 4) is 0 Å². The topological polar surface area (TPSA) is 48.9 Å². The summed E-state index contributed by atoms with van der Waals surface area (Å²) in [6, 6.07) is 0.907. The predicted octanol–water partition coefficient (Wildman–Crippen LogP) is 1.82. The molecule has 0 aromatic heterocycles. The molecule has 2 saturated heterocycles. The van der Waals surface area contributed by atoms with Gasteiger partial charge in [0.25, 0.3) is 0 Å². The molecule has 2 N–H and O–H groups in total. The molecular formula is C16H31IN4O. The number of halogens is 1. The SMILES string of the molecule is CCNC(=NCC1CCN(C2CC2)C1)NCC1CCCO1.I. The van der Waals surface area contributed by atoms with E-state index in [1.807, 2.05) is 0 Å². The van der Waals surface area contributed by atoms with Gasteiger partial charge in [0.05, 0.1) is 6.10 Å². The van der Waals surface area contributed by atoms with Crippen LogP contribution < -0.4 is 10.6 Å². The molecule has 2 aliphatic heterocycles. The van der Waals surface area contributed by atoms with E-state index in [1.54, 1.807) is 0 Å². The summed E-state index contributed by atoms with van der Waals surface area (Å²) >= 11 is 0. The van der Waals surface area contributed by atoms with Gasteiger partial charge in [-0.05, 0) is 51.5 Å². The van der Waals surface area contributed by atoms with E-state index in [9.17, 15) is 0 Å². The molecule has 2 unspecified atom stereocenters. The van der Waals surface area contributed by atoms with Crippen LogP contribution in [0, 0.1) is 5.92 Å². The van der Waals surface area contributed by atoms with Gasteiger partial charge in [-0.1, -0.05) is 0 Å². The van der Waals surface area contributed by atoms with Gasteiger partial charge in [0.15, 0.2) is 5.96 Å². The molecule has 0 aromatic carbocycles. The number of hydrogen-bond donors (Lipinski definition) is 2. The number of likely N-dealkylation sites (tertiary alicyclic amines) is 1. The van der Waals surface area contributed by atoms with Crippen molar-refractivity contribution in [3.63, 3.8) is 0 Å². The highest BCUT2D eigenvalue weighted by Crippen LogP contribution is 2.31. The van der Waals surface area contributed by atoms with Crippen LogP contribution in [0.4, 0.5) is 0 Å². The predicted molar refractivity (Wildman–Crippen MR) is 101 cm³/mol. The maximum Gasteiger partial charge on any atom is 0.191 e. The van der Waals surface area contributed by atoms with Gasteiger partial charge < -0.3 is 20.3 Å². The van der Waals surface area contributed by atoms with Gasteiger partial charge in [-0.3, -0.25) is 4.99 Å². The molecule has 6 heteroatoms. The molecule has 0 radical (unpaired) electrons. The molecule has 0 aromatic rings. The Bertz CT molecular complexity index is 356. The maximum atomic E-state index is 5.65. The number of rotatable bonds is 6. The van der Waals surface area contributed by atoms with Crippen LogP contribution in [0.25, 0.3) is 0 Å². The second-order valence-corrected chi connectivity index (χ2v) is 6.62. The second-order valence-electron chi connectivity index (χ2n) is 6.62. The van der Waals surface area contributed by atoms with Crippen molar-refractivity contribution < 1.29 is 4.74 Å². The quantitative estimate of drug-likeness (QED) is 0.390. The van der Waals surface area contributed by atoms with E-state index < -0.39 is 0 Å². The molecule has 0 spiro atoms. The summed E-state index contributed by atoms with van der Waals surface area (Å²) in [5, 5.41) is 6.78. The van der Waals surface area contributed by atoms with E-state index in [-0.39, 0.29) is 24.0 Å². The molecular weight excluding hydrogens is 391 g/mol. The molecule has 128 valence electrons. The number of ether oxygens (including phenoxy) is 1. The van der Waals surface area contributed by atoms with Crippen molar-refractivity contribution in [3.05, 3.63) is 0 Å². The van der Waals surface area contributed by atoms with Gasteiger partial charge >= 0.3 is 0 Å². The average Bonchev–Trinajstić information content (AvgIpc) is 3.03. The van der Waals surface area contributed by atoms with E-state index in [0.29, 0.717) is 6.10 Å². The van der Waals surface area contributed by atoms with E-state index >= 15 is 0 Å². The fourth-order valence-corrected chi connectivity index (χ4v) is 3.36. The van der Waals surface area contributed by atoms with Crippen molar-refractivity contribution in [2.24, 2.45) is 10.9 Å². The summed E-state index contributed by atoms with van der Waals surface area (Å²) in [5.74, 6) is 1.70. The molecule has 3 fully saturated rings. The highest BCUT2D eigenvalue weighted by molar-refractivity contribution is 14.0.